The quantitative estimate of drug-likeness (QED) is 0.724. The van der Waals surface area contributed by atoms with Gasteiger partial charge >= 0.3 is 0 Å². The highest BCUT2D eigenvalue weighted by Crippen LogP contribution is 2.20. The van der Waals surface area contributed by atoms with E-state index in [1.165, 1.54) is 0 Å². The van der Waals surface area contributed by atoms with Crippen LogP contribution in [0.4, 0.5) is 0 Å². The lowest BCUT2D eigenvalue weighted by molar-refractivity contribution is 0.0953. The molecule has 0 aliphatic rings. The van der Waals surface area contributed by atoms with Crippen LogP contribution in [0.1, 0.15) is 10.4 Å². The first-order valence-electron chi connectivity index (χ1n) is 5.58. The van der Waals surface area contributed by atoms with Gasteiger partial charge < -0.3 is 15.4 Å². The van der Waals surface area contributed by atoms with Gasteiger partial charge in [0.15, 0.2) is 0 Å². The Kier molecular flexibility index (Phi) is 10.3. The molecule has 7 heteroatoms. The number of rotatable bonds is 7. The molecule has 0 atom stereocenters. The highest BCUT2D eigenvalue weighted by Gasteiger charge is 2.09. The first-order chi connectivity index (χ1) is 8.65. The van der Waals surface area contributed by atoms with E-state index in [1.807, 2.05) is 0 Å². The van der Waals surface area contributed by atoms with Crippen molar-refractivity contribution in [3.63, 3.8) is 0 Å². The number of amides is 1. The third-order valence-electron chi connectivity index (χ3n) is 2.24. The molecule has 1 rings (SSSR count). The van der Waals surface area contributed by atoms with Gasteiger partial charge in [-0.15, -0.1) is 12.4 Å². The topological polar surface area (TPSA) is 50.4 Å². The summed E-state index contributed by atoms with van der Waals surface area (Å²) in [5.74, 6) is -0.141. The predicted octanol–water partition coefficient (Wildman–Crippen LogP) is 2.49. The first-order valence-corrected chi connectivity index (χ1v) is 6.75. The summed E-state index contributed by atoms with van der Waals surface area (Å²) in [7, 11) is 1.65. The summed E-state index contributed by atoms with van der Waals surface area (Å²) in [5.41, 5.74) is 0.541. The van der Waals surface area contributed by atoms with Gasteiger partial charge in [-0.2, -0.15) is 0 Å². The Bertz CT molecular complexity index is 405. The third-order valence-corrected chi connectivity index (χ3v) is 3.17. The summed E-state index contributed by atoms with van der Waals surface area (Å²) in [6.07, 6.45) is 0. The fraction of sp³-hybridized carbons (Fsp3) is 0.417. The zero-order valence-electron chi connectivity index (χ0n) is 10.5. The minimum atomic E-state index is -0.141. The van der Waals surface area contributed by atoms with E-state index in [-0.39, 0.29) is 18.3 Å². The molecule has 0 aliphatic heterocycles. The average Bonchev–Trinajstić information content (AvgIpc) is 2.36. The molecule has 1 amide bonds. The number of carbonyl (C=O) groups is 1. The molecule has 19 heavy (non-hydrogen) atoms. The summed E-state index contributed by atoms with van der Waals surface area (Å²) >= 11 is 9.17. The minimum Gasteiger partial charge on any atom is -0.383 e. The van der Waals surface area contributed by atoms with E-state index in [0.29, 0.717) is 30.3 Å². The van der Waals surface area contributed by atoms with Gasteiger partial charge in [0, 0.05) is 36.2 Å². The molecule has 1 aromatic rings. The van der Waals surface area contributed by atoms with Gasteiger partial charge in [-0.1, -0.05) is 11.6 Å². The Morgan fingerprint density at radius 1 is 1.37 bits per heavy atom. The van der Waals surface area contributed by atoms with Gasteiger partial charge in [0.05, 0.1) is 12.2 Å². The monoisotopic (exact) mass is 370 g/mol. The van der Waals surface area contributed by atoms with Crippen molar-refractivity contribution in [3.8, 4) is 0 Å². The normalized spacial score (nSPS) is 9.84. The molecule has 2 N–H and O–H groups in total. The Morgan fingerprint density at radius 2 is 2.11 bits per heavy atom. The standard InChI is InChI=1S/C12H16BrClN2O2.ClH/c1-18-7-6-15-4-5-16-12(17)10-8-9(14)2-3-11(10)13;/h2-3,8,15H,4-7H2,1H3,(H,16,17);1H. The van der Waals surface area contributed by atoms with E-state index in [0.717, 1.165) is 11.0 Å². The molecule has 0 unspecified atom stereocenters. The number of nitrogens with one attached hydrogen (secondary N) is 2. The van der Waals surface area contributed by atoms with Crippen molar-refractivity contribution in [1.29, 1.82) is 0 Å². The maximum Gasteiger partial charge on any atom is 0.252 e. The van der Waals surface area contributed by atoms with Crippen LogP contribution in [0.2, 0.25) is 5.02 Å². The van der Waals surface area contributed by atoms with Crippen molar-refractivity contribution in [2.75, 3.05) is 33.4 Å². The molecule has 0 spiro atoms. The predicted molar refractivity (Wildman–Crippen MR) is 83.5 cm³/mol. The van der Waals surface area contributed by atoms with Crippen LogP contribution >= 0.6 is 39.9 Å². The van der Waals surface area contributed by atoms with Gasteiger partial charge in [0.25, 0.3) is 5.91 Å². The van der Waals surface area contributed by atoms with Crippen molar-refractivity contribution >= 4 is 45.8 Å². The number of ether oxygens (including phenoxy) is 1. The Morgan fingerprint density at radius 3 is 2.79 bits per heavy atom. The van der Waals surface area contributed by atoms with E-state index in [4.69, 9.17) is 16.3 Å². The third kappa shape index (κ3) is 7.13. The van der Waals surface area contributed by atoms with Crippen LogP contribution in [-0.2, 0) is 4.74 Å². The van der Waals surface area contributed by atoms with E-state index in [2.05, 4.69) is 26.6 Å². The largest absolute Gasteiger partial charge is 0.383 e. The average molecular weight is 372 g/mol. The molecule has 4 nitrogen and oxygen atoms in total. The summed E-state index contributed by atoms with van der Waals surface area (Å²) in [6, 6.07) is 5.13. The summed E-state index contributed by atoms with van der Waals surface area (Å²) in [6.45, 7) is 2.69. The fourth-order valence-electron chi connectivity index (χ4n) is 1.33. The van der Waals surface area contributed by atoms with Crippen LogP contribution in [0.25, 0.3) is 0 Å². The minimum absolute atomic E-state index is 0. The lowest BCUT2D eigenvalue weighted by atomic mass is 10.2. The van der Waals surface area contributed by atoms with Crippen molar-refractivity contribution in [1.82, 2.24) is 10.6 Å². The molecule has 0 saturated heterocycles. The second kappa shape index (κ2) is 10.5. The SMILES string of the molecule is COCCNCCNC(=O)c1cc(Cl)ccc1Br.Cl. The highest BCUT2D eigenvalue weighted by molar-refractivity contribution is 9.10. The smallest absolute Gasteiger partial charge is 0.252 e. The number of hydrogen-bond donors (Lipinski definition) is 2. The molecule has 0 fully saturated rings. The maximum atomic E-state index is 11.9. The lowest BCUT2D eigenvalue weighted by Crippen LogP contribution is -2.33. The van der Waals surface area contributed by atoms with Crippen molar-refractivity contribution in [2.45, 2.75) is 0 Å². The number of hydrogen-bond acceptors (Lipinski definition) is 3. The summed E-state index contributed by atoms with van der Waals surface area (Å²) < 4.78 is 5.63. The molecular formula is C12H17BrCl2N2O2. The second-order valence-corrected chi connectivity index (χ2v) is 4.91. The maximum absolute atomic E-state index is 11.9. The molecule has 0 saturated carbocycles. The van der Waals surface area contributed by atoms with Crippen molar-refractivity contribution in [2.24, 2.45) is 0 Å². The zero-order valence-corrected chi connectivity index (χ0v) is 13.7. The van der Waals surface area contributed by atoms with Crippen molar-refractivity contribution in [3.05, 3.63) is 33.3 Å². The zero-order chi connectivity index (χ0) is 13.4. The number of halogens is 3. The van der Waals surface area contributed by atoms with Gasteiger partial charge in [-0.25, -0.2) is 0 Å². The molecule has 0 heterocycles. The lowest BCUT2D eigenvalue weighted by Gasteiger charge is -2.08. The van der Waals surface area contributed by atoms with E-state index < -0.39 is 0 Å². The Hall–Kier alpha value is -0.330. The van der Waals surface area contributed by atoms with E-state index in [1.54, 1.807) is 25.3 Å². The summed E-state index contributed by atoms with van der Waals surface area (Å²) in [5, 5.41) is 6.50. The first kappa shape index (κ1) is 18.7. The van der Waals surface area contributed by atoms with Crippen LogP contribution in [0, 0.1) is 0 Å². The van der Waals surface area contributed by atoms with Crippen molar-refractivity contribution < 1.29 is 9.53 Å². The van der Waals surface area contributed by atoms with Crippen LogP contribution in [0.5, 0.6) is 0 Å². The summed E-state index contributed by atoms with van der Waals surface area (Å²) in [4.78, 5) is 11.9. The molecule has 1 aromatic carbocycles. The molecular weight excluding hydrogens is 355 g/mol. The van der Waals surface area contributed by atoms with E-state index >= 15 is 0 Å². The van der Waals surface area contributed by atoms with Gasteiger partial charge in [0.2, 0.25) is 0 Å². The van der Waals surface area contributed by atoms with Crippen LogP contribution < -0.4 is 10.6 Å². The Balaban J connectivity index is 0.00000324. The molecule has 108 valence electrons. The fourth-order valence-corrected chi connectivity index (χ4v) is 1.93. The molecule has 0 aliphatic carbocycles. The van der Waals surface area contributed by atoms with E-state index in [9.17, 15) is 4.79 Å². The Labute approximate surface area is 132 Å². The molecule has 0 aromatic heterocycles. The van der Waals surface area contributed by atoms with Crippen LogP contribution in [0.15, 0.2) is 22.7 Å². The molecule has 0 radical (unpaired) electrons. The van der Waals surface area contributed by atoms with Gasteiger partial charge in [-0.3, -0.25) is 4.79 Å². The van der Waals surface area contributed by atoms with Crippen LogP contribution in [-0.4, -0.2) is 39.3 Å². The molecule has 0 bridgehead atoms. The number of carbonyl (C=O) groups excluding carboxylic acids is 1. The number of benzene rings is 1. The van der Waals surface area contributed by atoms with Gasteiger partial charge in [-0.05, 0) is 34.1 Å². The highest BCUT2D eigenvalue weighted by atomic mass is 79.9. The van der Waals surface area contributed by atoms with Crippen LogP contribution in [0.3, 0.4) is 0 Å². The number of methoxy groups -OCH3 is 1. The van der Waals surface area contributed by atoms with Gasteiger partial charge in [0.1, 0.15) is 0 Å². The second-order valence-electron chi connectivity index (χ2n) is 3.62.